The zero-order chi connectivity index (χ0) is 13.4. The van der Waals surface area contributed by atoms with Gasteiger partial charge >= 0.3 is 0 Å². The van der Waals surface area contributed by atoms with Crippen molar-refractivity contribution in [3.8, 4) is 11.4 Å². The average molecular weight is 295 g/mol. The molecule has 0 spiro atoms. The number of nitrogens with two attached hydrogens (primary N) is 1. The molecular weight excluding hydrogens is 283 g/mol. The zero-order valence-electron chi connectivity index (χ0n) is 10.0. The molecule has 4 nitrogen and oxygen atoms in total. The minimum absolute atomic E-state index is 0.517. The summed E-state index contributed by atoms with van der Waals surface area (Å²) in [7, 11) is 0. The maximum atomic E-state index is 6.01. The number of rotatable bonds is 3. The van der Waals surface area contributed by atoms with Crippen molar-refractivity contribution in [2.24, 2.45) is 5.84 Å². The van der Waals surface area contributed by atoms with Crippen LogP contribution in [0.3, 0.4) is 0 Å². The van der Waals surface area contributed by atoms with E-state index >= 15 is 0 Å². The molecule has 0 saturated heterocycles. The molecule has 98 valence electrons. The van der Waals surface area contributed by atoms with Gasteiger partial charge in [-0.3, -0.25) is 0 Å². The first-order valence-corrected chi connectivity index (χ1v) is 6.73. The summed E-state index contributed by atoms with van der Waals surface area (Å²) in [5.74, 6) is 7.16. The summed E-state index contributed by atoms with van der Waals surface area (Å²) in [6.45, 7) is 0. The van der Waals surface area contributed by atoms with Gasteiger partial charge in [0.2, 0.25) is 0 Å². The van der Waals surface area contributed by atoms with Gasteiger partial charge in [-0.25, -0.2) is 15.8 Å². The molecule has 1 aliphatic rings. The monoisotopic (exact) mass is 294 g/mol. The molecule has 2 aromatic rings. The highest BCUT2D eigenvalue weighted by atomic mass is 35.5. The average Bonchev–Trinajstić information content (AvgIpc) is 3.21. The molecule has 1 aromatic carbocycles. The maximum absolute atomic E-state index is 6.01. The maximum Gasteiger partial charge on any atom is 0.161 e. The van der Waals surface area contributed by atoms with Gasteiger partial charge in [0, 0.05) is 33.3 Å². The lowest BCUT2D eigenvalue weighted by molar-refractivity contribution is 0.991. The minimum Gasteiger partial charge on any atom is -0.308 e. The smallest absolute Gasteiger partial charge is 0.161 e. The number of hydrazine groups is 1. The Morgan fingerprint density at radius 3 is 2.32 bits per heavy atom. The predicted molar refractivity (Wildman–Crippen MR) is 77.3 cm³/mol. The third-order valence-corrected chi connectivity index (χ3v) is 3.45. The molecule has 0 amide bonds. The van der Waals surface area contributed by atoms with Crippen molar-refractivity contribution in [2.75, 3.05) is 5.43 Å². The lowest BCUT2D eigenvalue weighted by Crippen LogP contribution is -2.10. The number of hydrogen-bond donors (Lipinski definition) is 2. The number of nitrogen functional groups attached to an aromatic ring is 1. The van der Waals surface area contributed by atoms with Crippen LogP contribution in [0.1, 0.15) is 24.5 Å². The van der Waals surface area contributed by atoms with E-state index in [0.717, 1.165) is 24.1 Å². The van der Waals surface area contributed by atoms with Crippen LogP contribution in [-0.2, 0) is 0 Å². The molecule has 3 rings (SSSR count). The molecule has 19 heavy (non-hydrogen) atoms. The van der Waals surface area contributed by atoms with Crippen LogP contribution in [0.4, 0.5) is 5.82 Å². The Morgan fingerprint density at radius 1 is 1.05 bits per heavy atom. The fraction of sp³-hybridized carbons (Fsp3) is 0.231. The third-order valence-electron chi connectivity index (χ3n) is 3.01. The molecular formula is C13H12Cl2N4. The summed E-state index contributed by atoms with van der Waals surface area (Å²) in [6.07, 6.45) is 2.33. The first kappa shape index (κ1) is 12.7. The van der Waals surface area contributed by atoms with E-state index in [0.29, 0.717) is 27.6 Å². The second-order valence-electron chi connectivity index (χ2n) is 4.58. The van der Waals surface area contributed by atoms with Gasteiger partial charge in [0.05, 0.1) is 0 Å². The number of anilines is 1. The van der Waals surface area contributed by atoms with Gasteiger partial charge in [-0.05, 0) is 31.0 Å². The van der Waals surface area contributed by atoms with Crippen molar-refractivity contribution in [3.05, 3.63) is 40.0 Å². The van der Waals surface area contributed by atoms with Crippen molar-refractivity contribution in [2.45, 2.75) is 18.8 Å². The number of benzene rings is 1. The van der Waals surface area contributed by atoms with Gasteiger partial charge in [-0.15, -0.1) is 0 Å². The van der Waals surface area contributed by atoms with E-state index < -0.39 is 0 Å². The Morgan fingerprint density at radius 2 is 1.74 bits per heavy atom. The van der Waals surface area contributed by atoms with E-state index in [1.165, 1.54) is 0 Å². The van der Waals surface area contributed by atoms with Crippen LogP contribution < -0.4 is 11.3 Å². The zero-order valence-corrected chi connectivity index (χ0v) is 11.5. The second-order valence-corrected chi connectivity index (χ2v) is 5.45. The summed E-state index contributed by atoms with van der Waals surface area (Å²) in [5.41, 5.74) is 4.37. The molecule has 0 aliphatic heterocycles. The molecule has 1 fully saturated rings. The fourth-order valence-corrected chi connectivity index (χ4v) is 2.47. The summed E-state index contributed by atoms with van der Waals surface area (Å²) in [5, 5.41) is 1.12. The highest BCUT2D eigenvalue weighted by Crippen LogP contribution is 2.40. The van der Waals surface area contributed by atoms with Crippen LogP contribution in [0.15, 0.2) is 24.3 Å². The Labute approximate surface area is 120 Å². The first-order chi connectivity index (χ1) is 9.15. The quantitative estimate of drug-likeness (QED) is 0.670. The molecule has 1 aliphatic carbocycles. The van der Waals surface area contributed by atoms with Crippen molar-refractivity contribution < 1.29 is 0 Å². The van der Waals surface area contributed by atoms with Crippen molar-refractivity contribution in [1.82, 2.24) is 9.97 Å². The topological polar surface area (TPSA) is 63.8 Å². The second kappa shape index (κ2) is 4.96. The molecule has 0 atom stereocenters. The van der Waals surface area contributed by atoms with Gasteiger partial charge in [-0.2, -0.15) is 0 Å². The van der Waals surface area contributed by atoms with Crippen molar-refractivity contribution in [1.29, 1.82) is 0 Å². The SMILES string of the molecule is NNc1cc(C2CC2)nc(-c2cc(Cl)cc(Cl)c2)n1. The third kappa shape index (κ3) is 2.81. The van der Waals surface area contributed by atoms with E-state index in [9.17, 15) is 0 Å². The minimum atomic E-state index is 0.517. The van der Waals surface area contributed by atoms with Gasteiger partial charge in [-0.1, -0.05) is 23.2 Å². The number of aromatic nitrogens is 2. The summed E-state index contributed by atoms with van der Waals surface area (Å²) in [4.78, 5) is 8.92. The van der Waals surface area contributed by atoms with Gasteiger partial charge in [0.25, 0.3) is 0 Å². The molecule has 0 bridgehead atoms. The van der Waals surface area contributed by atoms with Crippen LogP contribution >= 0.6 is 23.2 Å². The van der Waals surface area contributed by atoms with E-state index in [1.807, 2.05) is 6.07 Å². The summed E-state index contributed by atoms with van der Waals surface area (Å²) in [6, 6.07) is 7.15. The Balaban J connectivity index is 2.09. The van der Waals surface area contributed by atoms with Gasteiger partial charge in [0.15, 0.2) is 5.82 Å². The lowest BCUT2D eigenvalue weighted by Gasteiger charge is -2.08. The van der Waals surface area contributed by atoms with Crippen LogP contribution in [0.25, 0.3) is 11.4 Å². The predicted octanol–water partition coefficient (Wildman–Crippen LogP) is 3.61. The summed E-state index contributed by atoms with van der Waals surface area (Å²) >= 11 is 12.0. The van der Waals surface area contributed by atoms with Crippen LogP contribution in [0, 0.1) is 0 Å². The normalized spacial score (nSPS) is 14.5. The van der Waals surface area contributed by atoms with Crippen molar-refractivity contribution >= 4 is 29.0 Å². The Kier molecular flexibility index (Phi) is 3.31. The standard InChI is InChI=1S/C13H12Cl2N4/c14-9-3-8(4-10(15)5-9)13-17-11(7-1-2-7)6-12(18-13)19-16/h3-7H,1-2,16H2,(H,17,18,19). The van der Waals surface area contributed by atoms with E-state index in [-0.39, 0.29) is 0 Å². The van der Waals surface area contributed by atoms with Gasteiger partial charge in [0.1, 0.15) is 5.82 Å². The number of nitrogens with zero attached hydrogens (tertiary/aromatic N) is 2. The highest BCUT2D eigenvalue weighted by molar-refractivity contribution is 6.35. The number of hydrogen-bond acceptors (Lipinski definition) is 4. The highest BCUT2D eigenvalue weighted by Gasteiger charge is 2.26. The van der Waals surface area contributed by atoms with Crippen LogP contribution in [0.5, 0.6) is 0 Å². The fourth-order valence-electron chi connectivity index (χ4n) is 1.94. The first-order valence-electron chi connectivity index (χ1n) is 5.98. The Hall–Kier alpha value is -1.36. The molecule has 3 N–H and O–H groups in total. The lowest BCUT2D eigenvalue weighted by atomic mass is 10.2. The van der Waals surface area contributed by atoms with Crippen LogP contribution in [-0.4, -0.2) is 9.97 Å². The van der Waals surface area contributed by atoms with Gasteiger partial charge < -0.3 is 5.43 Å². The molecule has 1 aromatic heterocycles. The van der Waals surface area contributed by atoms with Crippen LogP contribution in [0.2, 0.25) is 10.0 Å². The van der Waals surface area contributed by atoms with E-state index in [1.54, 1.807) is 18.2 Å². The molecule has 0 radical (unpaired) electrons. The van der Waals surface area contributed by atoms with Crippen molar-refractivity contribution in [3.63, 3.8) is 0 Å². The number of nitrogens with one attached hydrogen (secondary N) is 1. The largest absolute Gasteiger partial charge is 0.308 e. The Bertz CT molecular complexity index is 606. The molecule has 1 saturated carbocycles. The number of halogens is 2. The molecule has 0 unspecified atom stereocenters. The molecule has 1 heterocycles. The molecule has 6 heteroatoms. The summed E-state index contributed by atoms with van der Waals surface area (Å²) < 4.78 is 0. The van der Waals surface area contributed by atoms with E-state index in [2.05, 4.69) is 15.4 Å². The van der Waals surface area contributed by atoms with E-state index in [4.69, 9.17) is 29.0 Å².